The summed E-state index contributed by atoms with van der Waals surface area (Å²) in [5.41, 5.74) is 3.03. The third-order valence-electron chi connectivity index (χ3n) is 2.87. The first-order valence-electron chi connectivity index (χ1n) is 6.30. The second-order valence-electron chi connectivity index (χ2n) is 4.31. The number of rotatable bonds is 6. The summed E-state index contributed by atoms with van der Waals surface area (Å²) in [4.78, 5) is 0. The first-order chi connectivity index (χ1) is 8.81. The standard InChI is InChI=1S/C14H18FN3/c1-2-3-8-16-9-12-10-17-18-14(12)11-4-6-13(15)7-5-11/h4-7,10,16H,2-3,8-9H2,1H3,(H,17,18). The molecule has 2 rings (SSSR count). The molecule has 4 heteroatoms. The van der Waals surface area contributed by atoms with E-state index in [0.29, 0.717) is 0 Å². The number of unbranched alkanes of at least 4 members (excludes halogenated alkanes) is 1. The van der Waals surface area contributed by atoms with Gasteiger partial charge in [-0.05, 0) is 37.2 Å². The number of hydrogen-bond donors (Lipinski definition) is 2. The van der Waals surface area contributed by atoms with Crippen molar-refractivity contribution in [1.29, 1.82) is 0 Å². The molecule has 0 aliphatic rings. The summed E-state index contributed by atoms with van der Waals surface area (Å²) in [6.45, 7) is 3.96. The van der Waals surface area contributed by atoms with Crippen molar-refractivity contribution in [2.24, 2.45) is 0 Å². The molecule has 3 nitrogen and oxygen atoms in total. The third kappa shape index (κ3) is 3.17. The molecule has 1 aromatic carbocycles. The summed E-state index contributed by atoms with van der Waals surface area (Å²) >= 11 is 0. The number of nitrogens with zero attached hydrogens (tertiary/aromatic N) is 1. The minimum Gasteiger partial charge on any atom is -0.313 e. The maximum atomic E-state index is 12.9. The number of aromatic amines is 1. The van der Waals surface area contributed by atoms with Gasteiger partial charge in [-0.25, -0.2) is 4.39 Å². The van der Waals surface area contributed by atoms with Gasteiger partial charge >= 0.3 is 0 Å². The molecule has 2 N–H and O–H groups in total. The molecule has 0 aliphatic heterocycles. The number of hydrogen-bond acceptors (Lipinski definition) is 2. The minimum absolute atomic E-state index is 0.221. The van der Waals surface area contributed by atoms with E-state index in [-0.39, 0.29) is 5.82 Å². The van der Waals surface area contributed by atoms with E-state index < -0.39 is 0 Å². The molecular weight excluding hydrogens is 229 g/mol. The van der Waals surface area contributed by atoms with Crippen LogP contribution in [0.15, 0.2) is 30.5 Å². The SMILES string of the molecule is CCCCNCc1cn[nH]c1-c1ccc(F)cc1. The van der Waals surface area contributed by atoms with Gasteiger partial charge in [-0.1, -0.05) is 13.3 Å². The summed E-state index contributed by atoms with van der Waals surface area (Å²) in [7, 11) is 0. The molecule has 0 amide bonds. The molecule has 0 unspecified atom stereocenters. The predicted octanol–water partition coefficient (Wildman–Crippen LogP) is 3.11. The van der Waals surface area contributed by atoms with Crippen molar-refractivity contribution in [3.05, 3.63) is 41.8 Å². The molecule has 96 valence electrons. The molecule has 0 saturated carbocycles. The highest BCUT2D eigenvalue weighted by Gasteiger charge is 2.07. The van der Waals surface area contributed by atoms with Gasteiger partial charge in [0.2, 0.25) is 0 Å². The molecular formula is C14H18FN3. The van der Waals surface area contributed by atoms with Crippen LogP contribution in [0.1, 0.15) is 25.3 Å². The van der Waals surface area contributed by atoms with Gasteiger partial charge < -0.3 is 5.32 Å². The van der Waals surface area contributed by atoms with Gasteiger partial charge in [0.25, 0.3) is 0 Å². The largest absolute Gasteiger partial charge is 0.313 e. The lowest BCUT2D eigenvalue weighted by Crippen LogP contribution is -2.14. The topological polar surface area (TPSA) is 40.7 Å². The lowest BCUT2D eigenvalue weighted by atomic mass is 10.1. The van der Waals surface area contributed by atoms with E-state index in [1.165, 1.54) is 25.0 Å². The number of H-pyrrole nitrogens is 1. The Balaban J connectivity index is 2.05. The summed E-state index contributed by atoms with van der Waals surface area (Å²) in [6, 6.07) is 6.45. The summed E-state index contributed by atoms with van der Waals surface area (Å²) in [6.07, 6.45) is 4.17. The van der Waals surface area contributed by atoms with E-state index in [9.17, 15) is 4.39 Å². The van der Waals surface area contributed by atoms with Crippen LogP contribution in [0, 0.1) is 5.82 Å². The molecule has 0 spiro atoms. The van der Waals surface area contributed by atoms with E-state index in [2.05, 4.69) is 22.4 Å². The molecule has 0 saturated heterocycles. The quantitative estimate of drug-likeness (QED) is 0.770. The van der Waals surface area contributed by atoms with Crippen molar-refractivity contribution in [1.82, 2.24) is 15.5 Å². The summed E-state index contributed by atoms with van der Waals surface area (Å²) < 4.78 is 12.9. The maximum absolute atomic E-state index is 12.9. The van der Waals surface area contributed by atoms with Crippen LogP contribution in [0.4, 0.5) is 4.39 Å². The zero-order chi connectivity index (χ0) is 12.8. The van der Waals surface area contributed by atoms with Crippen LogP contribution in [0.2, 0.25) is 0 Å². The fraction of sp³-hybridized carbons (Fsp3) is 0.357. The fourth-order valence-electron chi connectivity index (χ4n) is 1.84. The number of aromatic nitrogens is 2. The first-order valence-corrected chi connectivity index (χ1v) is 6.30. The van der Waals surface area contributed by atoms with Gasteiger partial charge in [-0.3, -0.25) is 5.10 Å². The molecule has 2 aromatic rings. The van der Waals surface area contributed by atoms with E-state index in [4.69, 9.17) is 0 Å². The Hall–Kier alpha value is -1.68. The van der Waals surface area contributed by atoms with Crippen LogP contribution in [-0.2, 0) is 6.54 Å². The smallest absolute Gasteiger partial charge is 0.123 e. The molecule has 0 atom stereocenters. The fourth-order valence-corrected chi connectivity index (χ4v) is 1.84. The number of nitrogens with one attached hydrogen (secondary N) is 2. The van der Waals surface area contributed by atoms with Gasteiger partial charge in [0, 0.05) is 17.7 Å². The molecule has 18 heavy (non-hydrogen) atoms. The highest BCUT2D eigenvalue weighted by Crippen LogP contribution is 2.21. The van der Waals surface area contributed by atoms with E-state index >= 15 is 0 Å². The average molecular weight is 247 g/mol. The van der Waals surface area contributed by atoms with Crippen molar-refractivity contribution in [3.63, 3.8) is 0 Å². The van der Waals surface area contributed by atoms with Crippen LogP contribution in [0.3, 0.4) is 0 Å². The minimum atomic E-state index is -0.221. The van der Waals surface area contributed by atoms with Gasteiger partial charge in [0.1, 0.15) is 5.82 Å². The van der Waals surface area contributed by atoms with E-state index in [0.717, 1.165) is 29.9 Å². The number of benzene rings is 1. The van der Waals surface area contributed by atoms with E-state index in [1.807, 2.05) is 6.20 Å². The monoisotopic (exact) mass is 247 g/mol. The second-order valence-corrected chi connectivity index (χ2v) is 4.31. The molecule has 1 aromatic heterocycles. The van der Waals surface area contributed by atoms with Gasteiger partial charge in [-0.15, -0.1) is 0 Å². The Labute approximate surface area is 106 Å². The van der Waals surface area contributed by atoms with Crippen LogP contribution < -0.4 is 5.32 Å². The predicted molar refractivity (Wildman–Crippen MR) is 70.6 cm³/mol. The Morgan fingerprint density at radius 3 is 2.78 bits per heavy atom. The summed E-state index contributed by atoms with van der Waals surface area (Å²) in [5.74, 6) is -0.221. The molecule has 0 aliphatic carbocycles. The molecule has 1 heterocycles. The van der Waals surface area contributed by atoms with Crippen LogP contribution >= 0.6 is 0 Å². The summed E-state index contributed by atoms with van der Waals surface area (Å²) in [5, 5.41) is 10.4. The molecule has 0 bridgehead atoms. The zero-order valence-corrected chi connectivity index (χ0v) is 10.5. The van der Waals surface area contributed by atoms with Crippen molar-refractivity contribution in [3.8, 4) is 11.3 Å². The third-order valence-corrected chi connectivity index (χ3v) is 2.87. The van der Waals surface area contributed by atoms with Gasteiger partial charge in [0.15, 0.2) is 0 Å². The maximum Gasteiger partial charge on any atom is 0.123 e. The molecule has 0 fully saturated rings. The Bertz CT molecular complexity index is 476. The normalized spacial score (nSPS) is 10.8. The van der Waals surface area contributed by atoms with Crippen LogP contribution in [0.25, 0.3) is 11.3 Å². The van der Waals surface area contributed by atoms with Crippen molar-refractivity contribution >= 4 is 0 Å². The molecule has 0 radical (unpaired) electrons. The van der Waals surface area contributed by atoms with Crippen molar-refractivity contribution in [2.75, 3.05) is 6.54 Å². The Morgan fingerprint density at radius 1 is 1.28 bits per heavy atom. The zero-order valence-electron chi connectivity index (χ0n) is 10.5. The Kier molecular flexibility index (Phi) is 4.47. The first kappa shape index (κ1) is 12.8. The lowest BCUT2D eigenvalue weighted by molar-refractivity contribution is 0.628. The lowest BCUT2D eigenvalue weighted by Gasteiger charge is -2.05. The van der Waals surface area contributed by atoms with Gasteiger partial charge in [-0.2, -0.15) is 5.10 Å². The van der Waals surface area contributed by atoms with Crippen molar-refractivity contribution < 1.29 is 4.39 Å². The number of halogens is 1. The van der Waals surface area contributed by atoms with Gasteiger partial charge in [0.05, 0.1) is 11.9 Å². The Morgan fingerprint density at radius 2 is 2.06 bits per heavy atom. The van der Waals surface area contributed by atoms with E-state index in [1.54, 1.807) is 12.1 Å². The second kappa shape index (κ2) is 6.31. The highest BCUT2D eigenvalue weighted by molar-refractivity contribution is 5.62. The highest BCUT2D eigenvalue weighted by atomic mass is 19.1. The van der Waals surface area contributed by atoms with Crippen LogP contribution in [0.5, 0.6) is 0 Å². The van der Waals surface area contributed by atoms with Crippen molar-refractivity contribution in [2.45, 2.75) is 26.3 Å². The van der Waals surface area contributed by atoms with Crippen LogP contribution in [-0.4, -0.2) is 16.7 Å². The average Bonchev–Trinajstić information content (AvgIpc) is 2.84.